The highest BCUT2D eigenvalue weighted by Crippen LogP contribution is 1.92. The number of amides is 2. The summed E-state index contributed by atoms with van der Waals surface area (Å²) in [7, 11) is 0. The molecule has 0 aromatic carbocycles. The Hall–Kier alpha value is -1.34. The lowest BCUT2D eigenvalue weighted by molar-refractivity contribution is -0.141. The molecule has 7 heteroatoms. The number of rotatable bonds is 9. The van der Waals surface area contributed by atoms with E-state index in [9.17, 15) is 9.59 Å². The molecule has 106 valence electrons. The van der Waals surface area contributed by atoms with Gasteiger partial charge in [0.2, 0.25) is 0 Å². The van der Waals surface area contributed by atoms with Crippen LogP contribution in [0.15, 0.2) is 0 Å². The van der Waals surface area contributed by atoms with Crippen molar-refractivity contribution in [2.45, 2.75) is 38.8 Å². The number of nitrogens with one attached hydrogen (secondary N) is 2. The van der Waals surface area contributed by atoms with Crippen LogP contribution in [0, 0.1) is 0 Å². The maximum absolute atomic E-state index is 11.3. The Morgan fingerprint density at radius 2 is 2.00 bits per heavy atom. The molecule has 0 rings (SSSR count). The van der Waals surface area contributed by atoms with Crippen LogP contribution < -0.4 is 10.6 Å². The molecule has 0 bridgehead atoms. The van der Waals surface area contributed by atoms with Crippen LogP contribution >= 0.6 is 0 Å². The van der Waals surface area contributed by atoms with Gasteiger partial charge in [0.1, 0.15) is 0 Å². The molecule has 2 amide bonds. The molecule has 18 heavy (non-hydrogen) atoms. The van der Waals surface area contributed by atoms with Gasteiger partial charge in [-0.3, -0.25) is 0 Å². The van der Waals surface area contributed by atoms with Crippen LogP contribution in [0.5, 0.6) is 0 Å². The average Bonchev–Trinajstić information content (AvgIpc) is 2.29. The van der Waals surface area contributed by atoms with Gasteiger partial charge in [0, 0.05) is 13.2 Å². The number of carboxylic acids is 1. The summed E-state index contributed by atoms with van der Waals surface area (Å²) in [6.07, 6.45) is 0.854. The minimum atomic E-state index is -1.31. The fourth-order valence-corrected chi connectivity index (χ4v) is 1.17. The number of hydrogen-bond donors (Lipinski definition) is 4. The minimum Gasteiger partial charge on any atom is -0.480 e. The lowest BCUT2D eigenvalue weighted by Gasteiger charge is -2.17. The maximum atomic E-state index is 11.3. The number of carbonyl (C=O) groups is 2. The first-order valence-electron chi connectivity index (χ1n) is 6.02. The third-order valence-electron chi connectivity index (χ3n) is 2.21. The van der Waals surface area contributed by atoms with Crippen LogP contribution in [0.3, 0.4) is 0 Å². The number of carboxylic acid groups (broad SMARTS) is 1. The first-order valence-corrected chi connectivity index (χ1v) is 6.02. The predicted octanol–water partition coefficient (Wildman–Crippen LogP) is -0.0637. The zero-order valence-electron chi connectivity index (χ0n) is 10.8. The fourth-order valence-electron chi connectivity index (χ4n) is 1.17. The van der Waals surface area contributed by atoms with Crippen molar-refractivity contribution >= 4 is 12.0 Å². The van der Waals surface area contributed by atoms with Gasteiger partial charge in [0.05, 0.1) is 12.7 Å². The summed E-state index contributed by atoms with van der Waals surface area (Å²) >= 11 is 0. The molecular formula is C11H22N2O5. The summed E-state index contributed by atoms with van der Waals surface area (Å²) in [5, 5.41) is 22.5. The van der Waals surface area contributed by atoms with E-state index in [0.717, 1.165) is 12.8 Å². The molecule has 0 aliphatic rings. The van der Waals surface area contributed by atoms with Crippen molar-refractivity contribution in [3.63, 3.8) is 0 Å². The largest absolute Gasteiger partial charge is 0.480 e. The van der Waals surface area contributed by atoms with Crippen LogP contribution in [-0.4, -0.2) is 54.1 Å². The molecule has 7 nitrogen and oxygen atoms in total. The molecule has 0 aliphatic heterocycles. The van der Waals surface area contributed by atoms with Crippen molar-refractivity contribution < 1.29 is 24.5 Å². The highest BCUT2D eigenvalue weighted by molar-refractivity contribution is 5.82. The van der Waals surface area contributed by atoms with E-state index in [4.69, 9.17) is 14.9 Å². The summed E-state index contributed by atoms with van der Waals surface area (Å²) < 4.78 is 5.22. The number of aliphatic hydroxyl groups is 1. The summed E-state index contributed by atoms with van der Waals surface area (Å²) in [4.78, 5) is 22.0. The van der Waals surface area contributed by atoms with E-state index < -0.39 is 24.1 Å². The van der Waals surface area contributed by atoms with Gasteiger partial charge < -0.3 is 25.6 Å². The molecular weight excluding hydrogens is 240 g/mol. The van der Waals surface area contributed by atoms with Crippen molar-refractivity contribution in [2.75, 3.05) is 19.8 Å². The first kappa shape index (κ1) is 16.7. The van der Waals surface area contributed by atoms with Gasteiger partial charge in [-0.15, -0.1) is 0 Å². The summed E-state index contributed by atoms with van der Waals surface area (Å²) in [6.45, 7) is 4.66. The molecule has 0 aromatic rings. The van der Waals surface area contributed by atoms with E-state index in [1.54, 1.807) is 0 Å². The van der Waals surface area contributed by atoms with Gasteiger partial charge >= 0.3 is 12.0 Å². The lowest BCUT2D eigenvalue weighted by atomic mass is 10.2. The minimum absolute atomic E-state index is 0.293. The molecule has 0 fully saturated rings. The van der Waals surface area contributed by atoms with Gasteiger partial charge in [0.25, 0.3) is 0 Å². The van der Waals surface area contributed by atoms with E-state index in [-0.39, 0.29) is 0 Å². The number of ether oxygens (including phenoxy) is 1. The standard InChI is InChI=1S/C11H22N2O5/c1-3-4-6-18-7-5-12-11(17)13-9(8(2)14)10(15)16/h8-9,14H,3-7H2,1-2H3,(H,15,16)(H2,12,13,17)/t8-,9+/m1/s1. The highest BCUT2D eigenvalue weighted by atomic mass is 16.5. The maximum Gasteiger partial charge on any atom is 0.328 e. The Balaban J connectivity index is 3.72. The van der Waals surface area contributed by atoms with E-state index in [2.05, 4.69) is 17.6 Å². The number of aliphatic carboxylic acids is 1. The van der Waals surface area contributed by atoms with E-state index in [0.29, 0.717) is 19.8 Å². The van der Waals surface area contributed by atoms with Gasteiger partial charge in [0.15, 0.2) is 6.04 Å². The quantitative estimate of drug-likeness (QED) is 0.435. The molecule has 0 aromatic heterocycles. The third kappa shape index (κ3) is 7.86. The predicted molar refractivity (Wildman–Crippen MR) is 65.4 cm³/mol. The second-order valence-corrected chi connectivity index (χ2v) is 3.92. The monoisotopic (exact) mass is 262 g/mol. The van der Waals surface area contributed by atoms with Crippen molar-refractivity contribution in [3.8, 4) is 0 Å². The number of unbranched alkanes of at least 4 members (excludes halogenated alkanes) is 1. The van der Waals surface area contributed by atoms with Gasteiger partial charge in [-0.05, 0) is 13.3 Å². The Labute approximate surface area is 107 Å². The smallest absolute Gasteiger partial charge is 0.328 e. The van der Waals surface area contributed by atoms with Crippen LogP contribution in [0.25, 0.3) is 0 Å². The molecule has 0 aliphatic carbocycles. The topological polar surface area (TPSA) is 108 Å². The third-order valence-corrected chi connectivity index (χ3v) is 2.21. The Morgan fingerprint density at radius 1 is 1.33 bits per heavy atom. The summed E-state index contributed by atoms with van der Waals surface area (Å²) in [6, 6.07) is -1.95. The Bertz CT molecular complexity index is 258. The number of carbonyl (C=O) groups excluding carboxylic acids is 1. The van der Waals surface area contributed by atoms with Crippen molar-refractivity contribution in [1.82, 2.24) is 10.6 Å². The first-order chi connectivity index (χ1) is 8.49. The van der Waals surface area contributed by atoms with Crippen molar-refractivity contribution in [2.24, 2.45) is 0 Å². The van der Waals surface area contributed by atoms with Crippen molar-refractivity contribution in [3.05, 3.63) is 0 Å². The fraction of sp³-hybridized carbons (Fsp3) is 0.818. The van der Waals surface area contributed by atoms with Crippen molar-refractivity contribution in [1.29, 1.82) is 0 Å². The SMILES string of the molecule is CCCCOCCNC(=O)N[C@H](C(=O)O)[C@@H](C)O. The van der Waals surface area contributed by atoms with Crippen LogP contribution in [0.2, 0.25) is 0 Å². The van der Waals surface area contributed by atoms with Gasteiger partial charge in [-0.1, -0.05) is 13.3 Å². The molecule has 0 radical (unpaired) electrons. The van der Waals surface area contributed by atoms with E-state index in [1.165, 1.54) is 6.92 Å². The zero-order valence-corrected chi connectivity index (χ0v) is 10.8. The number of aliphatic hydroxyl groups excluding tert-OH is 1. The summed E-state index contributed by atoms with van der Waals surface area (Å²) in [5.74, 6) is -1.28. The van der Waals surface area contributed by atoms with E-state index >= 15 is 0 Å². The van der Waals surface area contributed by atoms with Gasteiger partial charge in [-0.2, -0.15) is 0 Å². The molecule has 0 spiro atoms. The molecule has 0 heterocycles. The Kier molecular flexibility index (Phi) is 8.95. The summed E-state index contributed by atoms with van der Waals surface area (Å²) in [5.41, 5.74) is 0. The lowest BCUT2D eigenvalue weighted by Crippen LogP contribution is -2.51. The molecule has 0 saturated carbocycles. The molecule has 2 atom stereocenters. The van der Waals surface area contributed by atoms with Crippen LogP contribution in [-0.2, 0) is 9.53 Å². The second kappa shape index (κ2) is 9.67. The number of hydrogen-bond acceptors (Lipinski definition) is 4. The second-order valence-electron chi connectivity index (χ2n) is 3.92. The number of urea groups is 1. The van der Waals surface area contributed by atoms with Crippen LogP contribution in [0.1, 0.15) is 26.7 Å². The highest BCUT2D eigenvalue weighted by Gasteiger charge is 2.24. The van der Waals surface area contributed by atoms with Crippen LogP contribution in [0.4, 0.5) is 4.79 Å². The van der Waals surface area contributed by atoms with Gasteiger partial charge in [-0.25, -0.2) is 9.59 Å². The molecule has 0 unspecified atom stereocenters. The zero-order chi connectivity index (χ0) is 14.0. The molecule has 0 saturated heterocycles. The normalized spacial score (nSPS) is 13.7. The Morgan fingerprint density at radius 3 is 2.50 bits per heavy atom. The molecule has 4 N–H and O–H groups in total. The average molecular weight is 262 g/mol. The van der Waals surface area contributed by atoms with E-state index in [1.807, 2.05) is 0 Å².